The third kappa shape index (κ3) is 4.08. The van der Waals surface area contributed by atoms with Gasteiger partial charge in [0.05, 0.1) is 0 Å². The fraction of sp³-hybridized carbons (Fsp3) is 0. The van der Waals surface area contributed by atoms with Gasteiger partial charge in [-0.25, -0.2) is 4.39 Å². The average Bonchev–Trinajstić information content (AvgIpc) is 2.49. The van der Waals surface area contributed by atoms with E-state index in [1.807, 2.05) is 0 Å². The van der Waals surface area contributed by atoms with Crippen molar-refractivity contribution in [2.45, 2.75) is 0 Å². The van der Waals surface area contributed by atoms with Gasteiger partial charge in [-0.1, -0.05) is 6.07 Å². The van der Waals surface area contributed by atoms with Gasteiger partial charge in [0.1, 0.15) is 23.2 Å². The molecule has 0 saturated heterocycles. The van der Waals surface area contributed by atoms with E-state index in [9.17, 15) is 14.3 Å². The van der Waals surface area contributed by atoms with Crippen LogP contribution in [0.25, 0.3) is 0 Å². The summed E-state index contributed by atoms with van der Waals surface area (Å²) in [5, 5.41) is 23.6. The normalized spacial score (nSPS) is 10.6. The van der Waals surface area contributed by atoms with E-state index >= 15 is 0 Å². The monoisotopic (exact) mass is 297 g/mol. The summed E-state index contributed by atoms with van der Waals surface area (Å²) in [6, 6.07) is 13.2. The maximum absolute atomic E-state index is 12.8. The molecule has 2 aromatic rings. The lowest BCUT2D eigenvalue weighted by molar-refractivity contribution is -0.112. The van der Waals surface area contributed by atoms with Crippen LogP contribution in [-0.4, -0.2) is 11.0 Å². The van der Waals surface area contributed by atoms with Crippen LogP contribution in [0.3, 0.4) is 0 Å². The molecule has 0 spiro atoms. The number of anilines is 2. The predicted octanol–water partition coefficient (Wildman–Crippen LogP) is 2.99. The lowest BCUT2D eigenvalue weighted by atomic mass is 10.2. The number of benzene rings is 2. The second-order valence-corrected chi connectivity index (χ2v) is 4.33. The highest BCUT2D eigenvalue weighted by molar-refractivity contribution is 6.06. The number of phenols is 1. The first-order chi connectivity index (χ1) is 10.6. The Morgan fingerprint density at radius 2 is 1.91 bits per heavy atom. The molecular weight excluding hydrogens is 285 g/mol. The quantitative estimate of drug-likeness (QED) is 0.598. The molecule has 0 aliphatic rings. The molecule has 5 nitrogen and oxygen atoms in total. The van der Waals surface area contributed by atoms with Crippen molar-refractivity contribution in [3.05, 3.63) is 66.1 Å². The van der Waals surface area contributed by atoms with E-state index in [1.165, 1.54) is 42.6 Å². The number of hydrogen-bond acceptors (Lipinski definition) is 4. The summed E-state index contributed by atoms with van der Waals surface area (Å²) >= 11 is 0. The first-order valence-electron chi connectivity index (χ1n) is 6.31. The van der Waals surface area contributed by atoms with Crippen molar-refractivity contribution in [3.63, 3.8) is 0 Å². The number of phenolic OH excluding ortho intramolecular Hbond substituents is 1. The van der Waals surface area contributed by atoms with Gasteiger partial charge in [-0.2, -0.15) is 5.26 Å². The van der Waals surface area contributed by atoms with Crippen LogP contribution in [0.2, 0.25) is 0 Å². The highest BCUT2D eigenvalue weighted by atomic mass is 19.1. The fourth-order valence-electron chi connectivity index (χ4n) is 1.63. The molecule has 0 saturated carbocycles. The highest BCUT2D eigenvalue weighted by Crippen LogP contribution is 2.16. The minimum atomic E-state index is -0.622. The molecule has 0 aliphatic heterocycles. The molecule has 22 heavy (non-hydrogen) atoms. The number of aromatic hydroxyl groups is 1. The molecule has 110 valence electrons. The number of nitrogens with zero attached hydrogens (tertiary/aromatic N) is 1. The molecule has 0 aromatic heterocycles. The van der Waals surface area contributed by atoms with Crippen molar-refractivity contribution in [2.24, 2.45) is 0 Å². The zero-order chi connectivity index (χ0) is 15.9. The van der Waals surface area contributed by atoms with Gasteiger partial charge in [-0.15, -0.1) is 0 Å². The zero-order valence-corrected chi connectivity index (χ0v) is 11.4. The molecule has 3 N–H and O–H groups in total. The van der Waals surface area contributed by atoms with E-state index in [0.29, 0.717) is 11.4 Å². The molecule has 0 bridgehead atoms. The molecule has 0 aliphatic carbocycles. The second kappa shape index (κ2) is 6.90. The summed E-state index contributed by atoms with van der Waals surface area (Å²) in [5.74, 6) is -0.996. The Kier molecular flexibility index (Phi) is 4.73. The molecule has 6 heteroatoms. The fourth-order valence-corrected chi connectivity index (χ4v) is 1.63. The van der Waals surface area contributed by atoms with Crippen LogP contribution < -0.4 is 10.6 Å². The molecule has 1 amide bonds. The highest BCUT2D eigenvalue weighted by Gasteiger charge is 2.09. The summed E-state index contributed by atoms with van der Waals surface area (Å²) in [6.45, 7) is 0. The van der Waals surface area contributed by atoms with Crippen LogP contribution in [0, 0.1) is 17.1 Å². The maximum atomic E-state index is 12.8. The number of carbonyl (C=O) groups is 1. The topological polar surface area (TPSA) is 85.2 Å². The SMILES string of the molecule is N#C/C(=C/Nc1ccc(F)cc1)C(=O)Nc1cccc(O)c1. The Bertz CT molecular complexity index is 749. The van der Waals surface area contributed by atoms with Crippen molar-refractivity contribution in [1.82, 2.24) is 0 Å². The van der Waals surface area contributed by atoms with E-state index in [-0.39, 0.29) is 17.1 Å². The van der Waals surface area contributed by atoms with Crippen LogP contribution in [0.15, 0.2) is 60.3 Å². The minimum absolute atomic E-state index is 0.00437. The molecule has 0 atom stereocenters. The van der Waals surface area contributed by atoms with Gasteiger partial charge < -0.3 is 15.7 Å². The standard InChI is InChI=1S/C16H12FN3O2/c17-12-4-6-13(7-5-12)19-10-11(9-18)16(22)20-14-2-1-3-15(21)8-14/h1-8,10,19,21H,(H,20,22)/b11-10-. The first kappa shape index (κ1) is 15.1. The van der Waals surface area contributed by atoms with E-state index < -0.39 is 5.91 Å². The Hall–Kier alpha value is -3.33. The van der Waals surface area contributed by atoms with Crippen LogP contribution in [-0.2, 0) is 4.79 Å². The maximum Gasteiger partial charge on any atom is 0.267 e. The molecule has 2 aromatic carbocycles. The van der Waals surface area contributed by atoms with Crippen LogP contribution in [0.5, 0.6) is 5.75 Å². The number of halogens is 1. The molecule has 2 rings (SSSR count). The van der Waals surface area contributed by atoms with E-state index in [1.54, 1.807) is 18.2 Å². The Morgan fingerprint density at radius 3 is 2.55 bits per heavy atom. The van der Waals surface area contributed by atoms with Gasteiger partial charge in [-0.3, -0.25) is 4.79 Å². The molecular formula is C16H12FN3O2. The van der Waals surface area contributed by atoms with Crippen molar-refractivity contribution in [2.75, 3.05) is 10.6 Å². The van der Waals surface area contributed by atoms with E-state index in [4.69, 9.17) is 5.26 Å². The Labute approximate surface area is 126 Å². The van der Waals surface area contributed by atoms with Crippen LogP contribution in [0.1, 0.15) is 0 Å². The van der Waals surface area contributed by atoms with E-state index in [0.717, 1.165) is 0 Å². The van der Waals surface area contributed by atoms with Gasteiger partial charge in [0.15, 0.2) is 0 Å². The number of hydrogen-bond donors (Lipinski definition) is 3. The van der Waals surface area contributed by atoms with Crippen molar-refractivity contribution < 1.29 is 14.3 Å². The van der Waals surface area contributed by atoms with Gasteiger partial charge in [0.2, 0.25) is 0 Å². The second-order valence-electron chi connectivity index (χ2n) is 4.33. The molecule has 0 unspecified atom stereocenters. The van der Waals surface area contributed by atoms with Gasteiger partial charge in [0, 0.05) is 23.6 Å². The van der Waals surface area contributed by atoms with Crippen molar-refractivity contribution >= 4 is 17.3 Å². The smallest absolute Gasteiger partial charge is 0.267 e. The lowest BCUT2D eigenvalue weighted by Crippen LogP contribution is -2.14. The van der Waals surface area contributed by atoms with Crippen molar-refractivity contribution in [3.8, 4) is 11.8 Å². The first-order valence-corrected chi connectivity index (χ1v) is 6.31. The summed E-state index contributed by atoms with van der Waals surface area (Å²) in [5.41, 5.74) is 0.750. The molecule has 0 heterocycles. The largest absolute Gasteiger partial charge is 0.508 e. The third-order valence-corrected chi connectivity index (χ3v) is 2.70. The summed E-state index contributed by atoms with van der Waals surface area (Å²) in [7, 11) is 0. The number of rotatable bonds is 4. The van der Waals surface area contributed by atoms with Crippen LogP contribution in [0.4, 0.5) is 15.8 Å². The van der Waals surface area contributed by atoms with E-state index in [2.05, 4.69) is 10.6 Å². The van der Waals surface area contributed by atoms with Crippen molar-refractivity contribution in [1.29, 1.82) is 5.26 Å². The van der Waals surface area contributed by atoms with Gasteiger partial charge in [-0.05, 0) is 36.4 Å². The summed E-state index contributed by atoms with van der Waals surface area (Å²) in [6.07, 6.45) is 1.23. The molecule has 0 fully saturated rings. The lowest BCUT2D eigenvalue weighted by Gasteiger charge is -2.05. The van der Waals surface area contributed by atoms with Gasteiger partial charge in [0.25, 0.3) is 5.91 Å². The summed E-state index contributed by atoms with van der Waals surface area (Å²) in [4.78, 5) is 11.9. The Balaban J connectivity index is 2.07. The predicted molar refractivity (Wildman–Crippen MR) is 80.5 cm³/mol. The number of carbonyl (C=O) groups excluding carboxylic acids is 1. The minimum Gasteiger partial charge on any atom is -0.508 e. The number of nitrogens with one attached hydrogen (secondary N) is 2. The molecule has 0 radical (unpaired) electrons. The van der Waals surface area contributed by atoms with Crippen LogP contribution >= 0.6 is 0 Å². The average molecular weight is 297 g/mol. The number of nitriles is 1. The summed E-state index contributed by atoms with van der Waals surface area (Å²) < 4.78 is 12.8. The Morgan fingerprint density at radius 1 is 1.18 bits per heavy atom. The number of amides is 1. The zero-order valence-electron chi connectivity index (χ0n) is 11.4. The van der Waals surface area contributed by atoms with Gasteiger partial charge >= 0.3 is 0 Å². The third-order valence-electron chi connectivity index (χ3n) is 2.70.